The van der Waals surface area contributed by atoms with Crippen LogP contribution in [0.25, 0.3) is 26.6 Å². The summed E-state index contributed by atoms with van der Waals surface area (Å²) in [4.78, 5) is 26.7. The maximum absolute atomic E-state index is 11.2. The van der Waals surface area contributed by atoms with Crippen LogP contribution in [-0.2, 0) is 9.59 Å². The standard InChI is InChI=1S/C18H13NO4S/c20-13(10-14(21)18(22)23)17-12(8-9-19-17)16-7-6-15(24-16)11-4-2-1-3-5-11/h1-10,19-20H,(H,22,23). The number of aliphatic carboxylic acids is 1. The number of aromatic nitrogens is 1. The molecular weight excluding hydrogens is 326 g/mol. The lowest BCUT2D eigenvalue weighted by Crippen LogP contribution is -2.09. The lowest BCUT2D eigenvalue weighted by atomic mass is 10.1. The highest BCUT2D eigenvalue weighted by Crippen LogP contribution is 2.37. The molecule has 0 spiro atoms. The molecule has 24 heavy (non-hydrogen) atoms. The van der Waals surface area contributed by atoms with Crippen LogP contribution in [-0.4, -0.2) is 26.9 Å². The summed E-state index contributed by atoms with van der Waals surface area (Å²) in [5, 5.41) is 18.7. The molecule has 0 amide bonds. The average molecular weight is 339 g/mol. The van der Waals surface area contributed by atoms with Crippen molar-refractivity contribution in [2.45, 2.75) is 0 Å². The van der Waals surface area contributed by atoms with Gasteiger partial charge < -0.3 is 15.2 Å². The minimum absolute atomic E-state index is 0.311. The van der Waals surface area contributed by atoms with Crippen LogP contribution >= 0.6 is 11.3 Å². The Kier molecular flexibility index (Phi) is 4.31. The number of rotatable bonds is 5. The monoisotopic (exact) mass is 339 g/mol. The Labute approximate surface area is 141 Å². The van der Waals surface area contributed by atoms with E-state index in [0.29, 0.717) is 17.3 Å². The maximum Gasteiger partial charge on any atom is 0.376 e. The van der Waals surface area contributed by atoms with Crippen molar-refractivity contribution in [3.63, 3.8) is 0 Å². The van der Waals surface area contributed by atoms with Crippen LogP contribution in [0.4, 0.5) is 0 Å². The van der Waals surface area contributed by atoms with Gasteiger partial charge in [-0.15, -0.1) is 11.3 Å². The Morgan fingerprint density at radius 2 is 1.67 bits per heavy atom. The van der Waals surface area contributed by atoms with Crippen molar-refractivity contribution in [2.75, 3.05) is 0 Å². The van der Waals surface area contributed by atoms with E-state index in [1.807, 2.05) is 42.5 Å². The van der Waals surface area contributed by atoms with Crippen LogP contribution in [0.5, 0.6) is 0 Å². The molecule has 1 aromatic carbocycles. The summed E-state index contributed by atoms with van der Waals surface area (Å²) >= 11 is 1.54. The van der Waals surface area contributed by atoms with Gasteiger partial charge in [0.15, 0.2) is 0 Å². The van der Waals surface area contributed by atoms with Gasteiger partial charge in [-0.05, 0) is 23.8 Å². The minimum atomic E-state index is -1.61. The number of carboxylic acids is 1. The van der Waals surface area contributed by atoms with E-state index in [2.05, 4.69) is 4.98 Å². The van der Waals surface area contributed by atoms with Gasteiger partial charge in [-0.25, -0.2) is 4.79 Å². The molecule has 0 saturated carbocycles. The molecule has 0 fully saturated rings. The molecule has 3 aromatic rings. The van der Waals surface area contributed by atoms with E-state index in [1.54, 1.807) is 23.6 Å². The summed E-state index contributed by atoms with van der Waals surface area (Å²) in [5.74, 6) is -3.20. The van der Waals surface area contributed by atoms with Crippen molar-refractivity contribution in [1.82, 2.24) is 4.98 Å². The van der Waals surface area contributed by atoms with Crippen LogP contribution in [0.1, 0.15) is 5.69 Å². The van der Waals surface area contributed by atoms with E-state index < -0.39 is 17.5 Å². The van der Waals surface area contributed by atoms with Crippen LogP contribution in [0.2, 0.25) is 0 Å². The molecule has 0 aliphatic carbocycles. The summed E-state index contributed by atoms with van der Waals surface area (Å²) in [5.41, 5.74) is 2.10. The molecule has 0 radical (unpaired) electrons. The molecule has 0 aliphatic heterocycles. The average Bonchev–Trinajstić information content (AvgIpc) is 3.24. The largest absolute Gasteiger partial charge is 0.506 e. The number of ketones is 1. The molecule has 3 N–H and O–H groups in total. The summed E-state index contributed by atoms with van der Waals surface area (Å²) in [6.07, 6.45) is 2.32. The number of thiophene rings is 1. The Bertz CT molecular complexity index is 921. The van der Waals surface area contributed by atoms with Gasteiger partial charge >= 0.3 is 5.97 Å². The molecule has 0 aliphatic rings. The molecular formula is C18H13NO4S. The van der Waals surface area contributed by atoms with E-state index in [-0.39, 0.29) is 0 Å². The van der Waals surface area contributed by atoms with E-state index in [9.17, 15) is 14.7 Å². The number of aliphatic hydroxyl groups excluding tert-OH is 1. The fourth-order valence-electron chi connectivity index (χ4n) is 2.28. The van der Waals surface area contributed by atoms with Gasteiger partial charge in [0.2, 0.25) is 0 Å². The Balaban J connectivity index is 1.95. The van der Waals surface area contributed by atoms with Crippen molar-refractivity contribution in [3.8, 4) is 20.9 Å². The topological polar surface area (TPSA) is 90.4 Å². The first-order chi connectivity index (χ1) is 11.6. The molecule has 0 unspecified atom stereocenters. The first kappa shape index (κ1) is 15.8. The summed E-state index contributed by atoms with van der Waals surface area (Å²) < 4.78 is 0. The fourth-order valence-corrected chi connectivity index (χ4v) is 3.33. The van der Waals surface area contributed by atoms with E-state index in [0.717, 1.165) is 15.3 Å². The number of hydrogen-bond donors (Lipinski definition) is 3. The number of nitrogens with one attached hydrogen (secondary N) is 1. The van der Waals surface area contributed by atoms with Crippen molar-refractivity contribution in [3.05, 3.63) is 66.5 Å². The SMILES string of the molecule is O=C(O)C(=O)C=C(O)c1[nH]ccc1-c1ccc(-c2ccccc2)s1. The van der Waals surface area contributed by atoms with Crippen molar-refractivity contribution in [2.24, 2.45) is 0 Å². The number of carbonyl (C=O) groups excluding carboxylic acids is 1. The number of H-pyrrole nitrogens is 1. The van der Waals surface area contributed by atoms with Gasteiger partial charge in [-0.2, -0.15) is 0 Å². The highest BCUT2D eigenvalue weighted by Gasteiger charge is 2.16. The van der Waals surface area contributed by atoms with Crippen LogP contribution in [0.15, 0.2) is 60.8 Å². The predicted molar refractivity (Wildman–Crippen MR) is 92.8 cm³/mol. The zero-order valence-electron chi connectivity index (χ0n) is 12.4. The number of aromatic amines is 1. The quantitative estimate of drug-likeness (QED) is 0.373. The van der Waals surface area contributed by atoms with E-state index in [4.69, 9.17) is 5.11 Å². The Hall–Kier alpha value is -3.12. The van der Waals surface area contributed by atoms with Crippen molar-refractivity contribution in [1.29, 1.82) is 0 Å². The number of aliphatic hydroxyl groups is 1. The lowest BCUT2D eigenvalue weighted by molar-refractivity contribution is -0.146. The third kappa shape index (κ3) is 3.13. The summed E-state index contributed by atoms with van der Waals surface area (Å²) in [7, 11) is 0. The molecule has 3 rings (SSSR count). The minimum Gasteiger partial charge on any atom is -0.506 e. The highest BCUT2D eigenvalue weighted by molar-refractivity contribution is 7.18. The third-order valence-electron chi connectivity index (χ3n) is 3.41. The first-order valence-electron chi connectivity index (χ1n) is 7.07. The molecule has 0 saturated heterocycles. The Morgan fingerprint density at radius 1 is 0.958 bits per heavy atom. The number of benzene rings is 1. The Morgan fingerprint density at radius 3 is 2.38 bits per heavy atom. The predicted octanol–water partition coefficient (Wildman–Crippen LogP) is 3.96. The molecule has 5 nitrogen and oxygen atoms in total. The second-order valence-corrected chi connectivity index (χ2v) is 6.08. The molecule has 0 atom stereocenters. The number of carboxylic acid groups (broad SMARTS) is 1. The number of hydrogen-bond acceptors (Lipinski definition) is 4. The van der Waals surface area contributed by atoms with Gasteiger partial charge in [0, 0.05) is 27.6 Å². The molecule has 2 heterocycles. The van der Waals surface area contributed by atoms with E-state index >= 15 is 0 Å². The summed E-state index contributed by atoms with van der Waals surface area (Å²) in [6, 6.07) is 15.6. The number of carbonyl (C=O) groups is 2. The smallest absolute Gasteiger partial charge is 0.376 e. The van der Waals surface area contributed by atoms with Gasteiger partial charge in [0.25, 0.3) is 5.78 Å². The van der Waals surface area contributed by atoms with E-state index in [1.165, 1.54) is 0 Å². The zero-order chi connectivity index (χ0) is 17.1. The second-order valence-electron chi connectivity index (χ2n) is 5.00. The lowest BCUT2D eigenvalue weighted by Gasteiger charge is -2.01. The molecule has 0 bridgehead atoms. The third-order valence-corrected chi connectivity index (χ3v) is 4.58. The normalized spacial score (nSPS) is 11.4. The van der Waals surface area contributed by atoms with Crippen LogP contribution < -0.4 is 0 Å². The zero-order valence-corrected chi connectivity index (χ0v) is 13.2. The highest BCUT2D eigenvalue weighted by atomic mass is 32.1. The van der Waals surface area contributed by atoms with Gasteiger partial charge in [0.05, 0.1) is 5.69 Å². The van der Waals surface area contributed by atoms with Gasteiger partial charge in [-0.3, -0.25) is 4.79 Å². The summed E-state index contributed by atoms with van der Waals surface area (Å²) in [6.45, 7) is 0. The molecule has 2 aromatic heterocycles. The van der Waals surface area contributed by atoms with Crippen molar-refractivity contribution >= 4 is 28.8 Å². The maximum atomic E-state index is 11.2. The molecule has 120 valence electrons. The van der Waals surface area contributed by atoms with Gasteiger partial charge in [-0.1, -0.05) is 30.3 Å². The first-order valence-corrected chi connectivity index (χ1v) is 7.89. The van der Waals surface area contributed by atoms with Crippen molar-refractivity contribution < 1.29 is 19.8 Å². The second kappa shape index (κ2) is 6.55. The van der Waals surface area contributed by atoms with Crippen LogP contribution in [0, 0.1) is 0 Å². The fraction of sp³-hybridized carbons (Fsp3) is 0. The van der Waals surface area contributed by atoms with Gasteiger partial charge in [0.1, 0.15) is 5.76 Å². The van der Waals surface area contributed by atoms with Crippen LogP contribution in [0.3, 0.4) is 0 Å². The molecule has 6 heteroatoms.